The van der Waals surface area contributed by atoms with Gasteiger partial charge in [-0.25, -0.2) is 13.4 Å². The summed E-state index contributed by atoms with van der Waals surface area (Å²) in [4.78, 5) is 19.2. The molecular formula is C22H28N4O3S. The molecule has 160 valence electrons. The fourth-order valence-electron chi connectivity index (χ4n) is 4.18. The van der Waals surface area contributed by atoms with Crippen molar-refractivity contribution in [3.05, 3.63) is 48.7 Å². The smallest absolute Gasteiger partial charge is 0.243 e. The van der Waals surface area contributed by atoms with Crippen molar-refractivity contribution in [2.45, 2.75) is 37.0 Å². The number of benzene rings is 1. The van der Waals surface area contributed by atoms with E-state index in [2.05, 4.69) is 15.2 Å². The third-order valence-corrected chi connectivity index (χ3v) is 7.81. The number of aromatic nitrogens is 1. The molecule has 1 amide bonds. The topological polar surface area (TPSA) is 82.6 Å². The molecule has 1 aromatic carbocycles. The molecule has 0 radical (unpaired) electrons. The third-order valence-electron chi connectivity index (χ3n) is 5.90. The van der Waals surface area contributed by atoms with Crippen LogP contribution in [0, 0.1) is 5.92 Å². The minimum Gasteiger partial charge on any atom is -0.355 e. The van der Waals surface area contributed by atoms with Crippen molar-refractivity contribution in [3.63, 3.8) is 0 Å². The number of nitrogens with one attached hydrogen (secondary N) is 1. The van der Waals surface area contributed by atoms with Crippen LogP contribution in [0.3, 0.4) is 0 Å². The molecule has 2 heterocycles. The molecule has 2 fully saturated rings. The number of sulfonamides is 1. The molecule has 7 nitrogen and oxygen atoms in total. The van der Waals surface area contributed by atoms with E-state index in [0.29, 0.717) is 30.2 Å². The van der Waals surface area contributed by atoms with Crippen LogP contribution in [0.2, 0.25) is 0 Å². The minimum absolute atomic E-state index is 0.0820. The summed E-state index contributed by atoms with van der Waals surface area (Å²) in [6, 6.07) is 12.3. The Morgan fingerprint density at radius 2 is 1.70 bits per heavy atom. The van der Waals surface area contributed by atoms with E-state index in [4.69, 9.17) is 0 Å². The molecule has 0 atom stereocenters. The van der Waals surface area contributed by atoms with E-state index < -0.39 is 10.0 Å². The molecule has 2 aromatic rings. The Balaban J connectivity index is 1.38. The van der Waals surface area contributed by atoms with E-state index in [9.17, 15) is 13.2 Å². The zero-order valence-corrected chi connectivity index (χ0v) is 17.9. The van der Waals surface area contributed by atoms with Gasteiger partial charge in [-0.15, -0.1) is 0 Å². The van der Waals surface area contributed by atoms with Gasteiger partial charge in [-0.05, 0) is 43.5 Å². The van der Waals surface area contributed by atoms with Crippen molar-refractivity contribution < 1.29 is 13.2 Å². The first-order valence-corrected chi connectivity index (χ1v) is 12.0. The third kappa shape index (κ3) is 4.65. The number of carbonyl (C=O) groups excluding carboxylic acids is 1. The van der Waals surface area contributed by atoms with E-state index in [1.807, 2.05) is 18.2 Å². The SMILES string of the molecule is O=C(Nc1ccc(N2CCCN(S(=O)(=O)c3ccccc3)CC2)nc1)C1CCCC1. The summed E-state index contributed by atoms with van der Waals surface area (Å²) < 4.78 is 27.3. The highest BCUT2D eigenvalue weighted by molar-refractivity contribution is 7.89. The second kappa shape index (κ2) is 9.14. The Bertz CT molecular complexity index is 958. The highest BCUT2D eigenvalue weighted by atomic mass is 32.2. The van der Waals surface area contributed by atoms with E-state index in [-0.39, 0.29) is 11.8 Å². The minimum atomic E-state index is -3.48. The molecule has 0 bridgehead atoms. The second-order valence-electron chi connectivity index (χ2n) is 7.93. The zero-order valence-electron chi connectivity index (χ0n) is 17.0. The number of carbonyl (C=O) groups is 1. The van der Waals surface area contributed by atoms with Crippen molar-refractivity contribution in [2.75, 3.05) is 36.4 Å². The Labute approximate surface area is 178 Å². The van der Waals surface area contributed by atoms with Gasteiger partial charge in [-0.2, -0.15) is 4.31 Å². The van der Waals surface area contributed by atoms with Gasteiger partial charge in [0.2, 0.25) is 15.9 Å². The predicted octanol–water partition coefficient (Wildman–Crippen LogP) is 3.11. The van der Waals surface area contributed by atoms with Crippen molar-refractivity contribution >= 4 is 27.4 Å². The van der Waals surface area contributed by atoms with Gasteiger partial charge in [-0.3, -0.25) is 4.79 Å². The molecule has 1 aromatic heterocycles. The lowest BCUT2D eigenvalue weighted by Crippen LogP contribution is -2.35. The maximum atomic E-state index is 12.9. The van der Waals surface area contributed by atoms with Crippen molar-refractivity contribution in [1.29, 1.82) is 0 Å². The molecule has 1 saturated carbocycles. The van der Waals surface area contributed by atoms with Gasteiger partial charge in [0, 0.05) is 32.1 Å². The van der Waals surface area contributed by atoms with Gasteiger partial charge in [0.15, 0.2) is 0 Å². The highest BCUT2D eigenvalue weighted by Gasteiger charge is 2.27. The number of hydrogen-bond donors (Lipinski definition) is 1. The van der Waals surface area contributed by atoms with E-state index in [1.54, 1.807) is 34.8 Å². The molecule has 1 aliphatic heterocycles. The van der Waals surface area contributed by atoms with Crippen LogP contribution in [0.4, 0.5) is 11.5 Å². The molecule has 2 aliphatic rings. The highest BCUT2D eigenvalue weighted by Crippen LogP contribution is 2.26. The molecular weight excluding hydrogens is 400 g/mol. The maximum Gasteiger partial charge on any atom is 0.243 e. The lowest BCUT2D eigenvalue weighted by atomic mass is 10.1. The fourth-order valence-corrected chi connectivity index (χ4v) is 5.67. The summed E-state index contributed by atoms with van der Waals surface area (Å²) >= 11 is 0. The van der Waals surface area contributed by atoms with Crippen LogP contribution in [0.1, 0.15) is 32.1 Å². The normalized spacial score (nSPS) is 18.9. The second-order valence-corrected chi connectivity index (χ2v) is 9.87. The quantitative estimate of drug-likeness (QED) is 0.791. The Hall–Kier alpha value is -2.45. The van der Waals surface area contributed by atoms with Crippen molar-refractivity contribution in [2.24, 2.45) is 5.92 Å². The Morgan fingerprint density at radius 1 is 0.933 bits per heavy atom. The summed E-state index contributed by atoms with van der Waals surface area (Å²) in [5.41, 5.74) is 0.707. The first kappa shape index (κ1) is 20.8. The summed E-state index contributed by atoms with van der Waals surface area (Å²) in [6.07, 6.45) is 6.60. The van der Waals surface area contributed by atoms with Crippen molar-refractivity contribution in [1.82, 2.24) is 9.29 Å². The Kier molecular flexibility index (Phi) is 6.34. The van der Waals surface area contributed by atoms with Gasteiger partial charge in [0.1, 0.15) is 5.82 Å². The predicted molar refractivity (Wildman–Crippen MR) is 117 cm³/mol. The average molecular weight is 429 g/mol. The van der Waals surface area contributed by atoms with Crippen molar-refractivity contribution in [3.8, 4) is 0 Å². The fraction of sp³-hybridized carbons (Fsp3) is 0.455. The lowest BCUT2D eigenvalue weighted by Gasteiger charge is -2.23. The number of anilines is 2. The average Bonchev–Trinajstić information content (AvgIpc) is 3.19. The van der Waals surface area contributed by atoms with Gasteiger partial charge < -0.3 is 10.2 Å². The Morgan fingerprint density at radius 3 is 2.40 bits per heavy atom. The molecule has 0 spiro atoms. The van der Waals surface area contributed by atoms with Crippen LogP contribution in [-0.2, 0) is 14.8 Å². The maximum absolute atomic E-state index is 12.9. The molecule has 4 rings (SSSR count). The van der Waals surface area contributed by atoms with Crippen LogP contribution >= 0.6 is 0 Å². The van der Waals surface area contributed by atoms with E-state index in [0.717, 1.165) is 44.5 Å². The zero-order chi connectivity index (χ0) is 21.0. The molecule has 30 heavy (non-hydrogen) atoms. The summed E-state index contributed by atoms with van der Waals surface area (Å²) in [6.45, 7) is 2.22. The van der Waals surface area contributed by atoms with Gasteiger partial charge >= 0.3 is 0 Å². The first-order chi connectivity index (χ1) is 14.5. The number of rotatable bonds is 5. The summed E-state index contributed by atoms with van der Waals surface area (Å²) in [5, 5.41) is 2.96. The summed E-state index contributed by atoms with van der Waals surface area (Å²) in [5.74, 6) is 0.999. The number of hydrogen-bond acceptors (Lipinski definition) is 5. The van der Waals surface area contributed by atoms with Gasteiger partial charge in [0.05, 0.1) is 16.8 Å². The molecule has 1 saturated heterocycles. The van der Waals surface area contributed by atoms with Gasteiger partial charge in [0.25, 0.3) is 0 Å². The van der Waals surface area contributed by atoms with E-state index >= 15 is 0 Å². The monoisotopic (exact) mass is 428 g/mol. The molecule has 1 N–H and O–H groups in total. The summed E-state index contributed by atoms with van der Waals surface area (Å²) in [7, 11) is -3.48. The van der Waals surface area contributed by atoms with Crippen LogP contribution < -0.4 is 10.2 Å². The molecule has 8 heteroatoms. The van der Waals surface area contributed by atoms with Crippen LogP contribution in [0.25, 0.3) is 0 Å². The largest absolute Gasteiger partial charge is 0.355 e. The molecule has 1 aliphatic carbocycles. The standard InChI is InChI=1S/C22H28N4O3S/c27-22(18-7-4-5-8-18)24-19-11-12-21(23-17-19)25-13-6-14-26(16-15-25)30(28,29)20-9-2-1-3-10-20/h1-3,9-12,17-18H,4-8,13-16H2,(H,24,27). The number of nitrogens with zero attached hydrogens (tertiary/aromatic N) is 3. The van der Waals surface area contributed by atoms with E-state index in [1.165, 1.54) is 0 Å². The number of amides is 1. The number of pyridine rings is 1. The van der Waals surface area contributed by atoms with Crippen LogP contribution in [0.5, 0.6) is 0 Å². The van der Waals surface area contributed by atoms with Gasteiger partial charge in [-0.1, -0.05) is 31.0 Å². The van der Waals surface area contributed by atoms with Crippen LogP contribution in [-0.4, -0.2) is 49.8 Å². The van der Waals surface area contributed by atoms with Crippen LogP contribution in [0.15, 0.2) is 53.6 Å². The lowest BCUT2D eigenvalue weighted by molar-refractivity contribution is -0.119. The molecule has 0 unspecified atom stereocenters. The first-order valence-electron chi connectivity index (χ1n) is 10.6.